The monoisotopic (exact) mass is 373 g/mol. The number of aliphatic carboxylic acids is 1. The molecule has 3 rings (SSSR count). The highest BCUT2D eigenvalue weighted by atomic mass is 32.2. The van der Waals surface area contributed by atoms with Gasteiger partial charge in [-0.1, -0.05) is 24.3 Å². The number of nitrogens with one attached hydrogen (secondary N) is 2. The molecule has 1 aromatic carbocycles. The van der Waals surface area contributed by atoms with Crippen molar-refractivity contribution in [3.05, 3.63) is 66.5 Å². The van der Waals surface area contributed by atoms with Crippen LogP contribution in [0, 0.1) is 5.92 Å². The number of aromatic nitrogens is 1. The molecule has 2 heterocycles. The molecule has 8 nitrogen and oxygen atoms in total. The molecule has 0 bridgehead atoms. The Morgan fingerprint density at radius 2 is 1.88 bits per heavy atom. The number of carboxylic acids is 1. The van der Waals surface area contributed by atoms with Gasteiger partial charge in [0.1, 0.15) is 4.90 Å². The van der Waals surface area contributed by atoms with E-state index in [0.29, 0.717) is 11.3 Å². The maximum atomic E-state index is 12.3. The average Bonchev–Trinajstić information content (AvgIpc) is 2.62. The number of pyridine rings is 1. The van der Waals surface area contributed by atoms with Crippen LogP contribution in [-0.2, 0) is 19.6 Å². The Morgan fingerprint density at radius 3 is 2.46 bits per heavy atom. The fourth-order valence-electron chi connectivity index (χ4n) is 2.47. The van der Waals surface area contributed by atoms with E-state index < -0.39 is 33.9 Å². The molecule has 2 aromatic rings. The molecule has 0 fully saturated rings. The maximum absolute atomic E-state index is 12.3. The summed E-state index contributed by atoms with van der Waals surface area (Å²) < 4.78 is 27.0. The third kappa shape index (κ3) is 3.72. The highest BCUT2D eigenvalue weighted by Gasteiger charge is 2.29. The Kier molecular flexibility index (Phi) is 4.72. The van der Waals surface area contributed by atoms with E-state index in [1.54, 1.807) is 30.3 Å². The van der Waals surface area contributed by atoms with Gasteiger partial charge in [0.25, 0.3) is 10.0 Å². The lowest BCUT2D eigenvalue weighted by molar-refractivity contribution is -0.145. The molecule has 1 aliphatic heterocycles. The Bertz CT molecular complexity index is 956. The van der Waals surface area contributed by atoms with Crippen LogP contribution in [0.25, 0.3) is 0 Å². The summed E-state index contributed by atoms with van der Waals surface area (Å²) in [6.45, 7) is 0. The van der Waals surface area contributed by atoms with Crippen LogP contribution in [0.15, 0.2) is 65.8 Å². The van der Waals surface area contributed by atoms with Crippen molar-refractivity contribution in [3.63, 3.8) is 0 Å². The predicted octanol–water partition coefficient (Wildman–Crippen LogP) is 1.31. The van der Waals surface area contributed by atoms with Crippen LogP contribution in [0.4, 0.5) is 5.69 Å². The van der Waals surface area contributed by atoms with E-state index >= 15 is 0 Å². The third-order valence-electron chi connectivity index (χ3n) is 3.81. The summed E-state index contributed by atoms with van der Waals surface area (Å²) in [5.41, 5.74) is 1.05. The molecule has 0 radical (unpaired) electrons. The summed E-state index contributed by atoms with van der Waals surface area (Å²) in [4.78, 5) is 26.5. The molecule has 2 atom stereocenters. The summed E-state index contributed by atoms with van der Waals surface area (Å²) in [7, 11) is -3.74. The smallest absolute Gasteiger partial charge is 0.319 e. The van der Waals surface area contributed by atoms with Gasteiger partial charge in [-0.25, -0.2) is 8.42 Å². The Hall–Kier alpha value is -3.20. The van der Waals surface area contributed by atoms with Crippen molar-refractivity contribution in [1.29, 1.82) is 0 Å². The number of anilines is 1. The first-order valence-electron chi connectivity index (χ1n) is 7.61. The molecule has 1 aliphatic rings. The van der Waals surface area contributed by atoms with Crippen LogP contribution in [-0.4, -0.2) is 30.4 Å². The van der Waals surface area contributed by atoms with Gasteiger partial charge >= 0.3 is 5.97 Å². The van der Waals surface area contributed by atoms with Crippen LogP contribution in [0.1, 0.15) is 11.6 Å². The lowest BCUT2D eigenvalue weighted by Crippen LogP contribution is -2.39. The average molecular weight is 373 g/mol. The number of rotatable bonds is 5. The molecule has 9 heteroatoms. The highest BCUT2D eigenvalue weighted by molar-refractivity contribution is 7.92. The predicted molar refractivity (Wildman–Crippen MR) is 92.6 cm³/mol. The number of carbonyl (C=O) groups excluding carboxylic acids is 1. The number of sulfonamides is 1. The minimum atomic E-state index is -3.74. The van der Waals surface area contributed by atoms with Gasteiger partial charge < -0.3 is 10.4 Å². The molecular weight excluding hydrogens is 358 g/mol. The zero-order valence-electron chi connectivity index (χ0n) is 13.4. The first kappa shape index (κ1) is 17.6. The molecule has 1 amide bonds. The molecule has 0 aliphatic carbocycles. The minimum Gasteiger partial charge on any atom is -0.480 e. The zero-order valence-corrected chi connectivity index (χ0v) is 14.2. The number of amides is 1. The summed E-state index contributed by atoms with van der Waals surface area (Å²) >= 11 is 0. The van der Waals surface area contributed by atoms with Crippen LogP contribution in [0.2, 0.25) is 0 Å². The van der Waals surface area contributed by atoms with E-state index in [1.807, 2.05) is 0 Å². The van der Waals surface area contributed by atoms with Gasteiger partial charge in [0.05, 0.1) is 6.04 Å². The van der Waals surface area contributed by atoms with Gasteiger partial charge in [-0.2, -0.15) is 0 Å². The molecule has 2 unspecified atom stereocenters. The first-order valence-corrected chi connectivity index (χ1v) is 9.09. The van der Waals surface area contributed by atoms with Gasteiger partial charge in [-0.3, -0.25) is 19.3 Å². The number of carbonyl (C=O) groups is 2. The first-order chi connectivity index (χ1) is 12.4. The van der Waals surface area contributed by atoms with Crippen LogP contribution < -0.4 is 10.0 Å². The molecule has 134 valence electrons. The standard InChI is InChI=1S/C17H15N3O5S/c21-16-14(17(22)23)7-8-15(19-16)11-3-5-12(6-4-11)20-26(24,25)13-2-1-9-18-10-13/h1-10,14-15,20H,(H,19,21)(H,22,23). The van der Waals surface area contributed by atoms with E-state index in [9.17, 15) is 18.0 Å². The van der Waals surface area contributed by atoms with Crippen molar-refractivity contribution < 1.29 is 23.1 Å². The Morgan fingerprint density at radius 1 is 1.15 bits per heavy atom. The van der Waals surface area contributed by atoms with Crippen LogP contribution >= 0.6 is 0 Å². The lowest BCUT2D eigenvalue weighted by Gasteiger charge is -2.22. The summed E-state index contributed by atoms with van der Waals surface area (Å²) in [5.74, 6) is -3.00. The number of benzene rings is 1. The van der Waals surface area contributed by atoms with Gasteiger partial charge in [0.2, 0.25) is 5.91 Å². The third-order valence-corrected chi connectivity index (χ3v) is 5.18. The number of nitrogens with zero attached hydrogens (tertiary/aromatic N) is 1. The fourth-order valence-corrected chi connectivity index (χ4v) is 3.49. The van der Waals surface area contributed by atoms with E-state index in [-0.39, 0.29) is 4.90 Å². The summed E-state index contributed by atoms with van der Waals surface area (Å²) in [6, 6.07) is 8.92. The van der Waals surface area contributed by atoms with Crippen LogP contribution in [0.3, 0.4) is 0 Å². The second kappa shape index (κ2) is 6.96. The maximum Gasteiger partial charge on any atom is 0.319 e. The van der Waals surface area contributed by atoms with Crippen LogP contribution in [0.5, 0.6) is 0 Å². The fraction of sp³-hybridized carbons (Fsp3) is 0.118. The molecule has 26 heavy (non-hydrogen) atoms. The van der Waals surface area contributed by atoms with Crippen molar-refractivity contribution in [2.45, 2.75) is 10.9 Å². The van der Waals surface area contributed by atoms with Crippen molar-refractivity contribution in [1.82, 2.24) is 10.3 Å². The van der Waals surface area contributed by atoms with Crippen molar-refractivity contribution in [3.8, 4) is 0 Å². The van der Waals surface area contributed by atoms with Crippen molar-refractivity contribution in [2.75, 3.05) is 4.72 Å². The second-order valence-corrected chi connectivity index (χ2v) is 7.29. The number of carboxylic acid groups (broad SMARTS) is 1. The molecule has 3 N–H and O–H groups in total. The van der Waals surface area contributed by atoms with E-state index in [1.165, 1.54) is 30.6 Å². The van der Waals surface area contributed by atoms with Crippen molar-refractivity contribution in [2.24, 2.45) is 5.92 Å². The quantitative estimate of drug-likeness (QED) is 0.536. The molecular formula is C17H15N3O5S. The van der Waals surface area contributed by atoms with E-state index in [0.717, 1.165) is 0 Å². The molecule has 0 spiro atoms. The second-order valence-electron chi connectivity index (χ2n) is 5.60. The van der Waals surface area contributed by atoms with E-state index in [4.69, 9.17) is 5.11 Å². The summed E-state index contributed by atoms with van der Waals surface area (Å²) in [5, 5.41) is 11.5. The van der Waals surface area contributed by atoms with E-state index in [2.05, 4.69) is 15.0 Å². The Balaban J connectivity index is 1.75. The van der Waals surface area contributed by atoms with Gasteiger partial charge in [0.15, 0.2) is 5.92 Å². The molecule has 0 saturated carbocycles. The Labute approximate surface area is 149 Å². The van der Waals surface area contributed by atoms with Gasteiger partial charge in [0, 0.05) is 18.1 Å². The summed E-state index contributed by atoms with van der Waals surface area (Å²) in [6.07, 6.45) is 5.66. The number of hydrogen-bond acceptors (Lipinski definition) is 5. The van der Waals surface area contributed by atoms with Gasteiger partial charge in [-0.15, -0.1) is 0 Å². The normalized spacial score (nSPS) is 19.6. The topological polar surface area (TPSA) is 125 Å². The molecule has 1 aromatic heterocycles. The van der Waals surface area contributed by atoms with Gasteiger partial charge in [-0.05, 0) is 29.8 Å². The lowest BCUT2D eigenvalue weighted by atomic mass is 9.97. The zero-order chi connectivity index (χ0) is 18.7. The highest BCUT2D eigenvalue weighted by Crippen LogP contribution is 2.23. The largest absolute Gasteiger partial charge is 0.480 e. The molecule has 0 saturated heterocycles. The minimum absolute atomic E-state index is 0.0475. The SMILES string of the molecule is O=C(O)C1C=CC(c2ccc(NS(=O)(=O)c3cccnc3)cc2)NC1=O. The number of hydrogen-bond donors (Lipinski definition) is 3. The van der Waals surface area contributed by atoms with Crippen molar-refractivity contribution >= 4 is 27.6 Å².